The zero-order valence-corrected chi connectivity index (χ0v) is 17.3. The predicted molar refractivity (Wildman–Crippen MR) is 112 cm³/mol. The van der Waals surface area contributed by atoms with E-state index in [2.05, 4.69) is 20.8 Å². The number of hydrogen-bond acceptors (Lipinski definition) is 9. The number of aryl methyl sites for hydroxylation is 1. The van der Waals surface area contributed by atoms with Crippen molar-refractivity contribution in [2.75, 3.05) is 23.5 Å². The van der Waals surface area contributed by atoms with Gasteiger partial charge in [0.25, 0.3) is 5.91 Å². The molecule has 1 unspecified atom stereocenters. The number of nitrogens with two attached hydrogens (primary N) is 1. The Bertz CT molecular complexity index is 1170. The molecule has 0 radical (unpaired) electrons. The normalized spacial score (nSPS) is 15.4. The van der Waals surface area contributed by atoms with Crippen LogP contribution in [-0.4, -0.2) is 29.1 Å². The van der Waals surface area contributed by atoms with Crippen LogP contribution in [0.4, 0.5) is 16.5 Å². The summed E-state index contributed by atoms with van der Waals surface area (Å²) < 4.78 is 9.99. The number of fused-ring (bicyclic) bond motifs is 1. The molecule has 10 heteroatoms. The number of rotatable bonds is 4. The maximum atomic E-state index is 12.9. The second-order valence-electron chi connectivity index (χ2n) is 6.74. The first-order valence-corrected chi connectivity index (χ1v) is 9.85. The van der Waals surface area contributed by atoms with Crippen molar-refractivity contribution in [3.05, 3.63) is 63.6 Å². The van der Waals surface area contributed by atoms with Gasteiger partial charge in [-0.3, -0.25) is 9.78 Å². The molecule has 3 aromatic heterocycles. The fourth-order valence-corrected chi connectivity index (χ4v) is 4.57. The largest absolute Gasteiger partial charge is 0.466 e. The Morgan fingerprint density at radius 1 is 1.37 bits per heavy atom. The lowest BCUT2D eigenvalue weighted by Crippen LogP contribution is -2.23. The van der Waals surface area contributed by atoms with E-state index in [1.165, 1.54) is 18.4 Å². The average Bonchev–Trinajstić information content (AvgIpc) is 3.29. The van der Waals surface area contributed by atoms with Gasteiger partial charge in [-0.15, -0.1) is 11.3 Å². The van der Waals surface area contributed by atoms with E-state index in [1.54, 1.807) is 38.4 Å². The van der Waals surface area contributed by atoms with Gasteiger partial charge in [-0.05, 0) is 25.5 Å². The molecule has 0 fully saturated rings. The number of esters is 1. The number of amides is 1. The van der Waals surface area contributed by atoms with E-state index < -0.39 is 17.8 Å². The minimum absolute atomic E-state index is 0.281. The van der Waals surface area contributed by atoms with Gasteiger partial charge >= 0.3 is 5.97 Å². The van der Waals surface area contributed by atoms with Crippen LogP contribution in [0.1, 0.15) is 39.4 Å². The van der Waals surface area contributed by atoms with Crippen LogP contribution in [0.3, 0.4) is 0 Å². The van der Waals surface area contributed by atoms with Gasteiger partial charge in [-0.1, -0.05) is 11.2 Å². The van der Waals surface area contributed by atoms with Gasteiger partial charge < -0.3 is 25.6 Å². The van der Waals surface area contributed by atoms with Crippen molar-refractivity contribution in [3.63, 3.8) is 0 Å². The molecule has 154 valence electrons. The molecule has 1 aliphatic heterocycles. The van der Waals surface area contributed by atoms with Crippen LogP contribution in [0.2, 0.25) is 0 Å². The molecular formula is C20H19N5O4S. The van der Waals surface area contributed by atoms with Crippen LogP contribution in [0.25, 0.3) is 0 Å². The minimum atomic E-state index is -0.519. The number of ether oxygens (including phenoxy) is 1. The summed E-state index contributed by atoms with van der Waals surface area (Å²) in [5.41, 5.74) is 9.17. The third-order valence-corrected chi connectivity index (χ3v) is 5.90. The number of pyridine rings is 1. The zero-order chi connectivity index (χ0) is 21.4. The first kappa shape index (κ1) is 19.6. The van der Waals surface area contributed by atoms with E-state index in [0.29, 0.717) is 38.3 Å². The van der Waals surface area contributed by atoms with E-state index in [0.717, 1.165) is 5.56 Å². The zero-order valence-electron chi connectivity index (χ0n) is 16.5. The first-order valence-electron chi connectivity index (χ1n) is 9.03. The number of methoxy groups -OCH3 is 1. The van der Waals surface area contributed by atoms with E-state index in [1.807, 2.05) is 6.07 Å². The minimum Gasteiger partial charge on any atom is -0.466 e. The summed E-state index contributed by atoms with van der Waals surface area (Å²) >= 11 is 1.21. The van der Waals surface area contributed by atoms with Crippen LogP contribution in [0, 0.1) is 6.92 Å². The van der Waals surface area contributed by atoms with Gasteiger partial charge in [0, 0.05) is 35.6 Å². The fourth-order valence-electron chi connectivity index (χ4n) is 3.46. The summed E-state index contributed by atoms with van der Waals surface area (Å²) in [5, 5.41) is 10.3. The van der Waals surface area contributed by atoms with Gasteiger partial charge in [0.05, 0.1) is 23.4 Å². The molecule has 1 aliphatic rings. The van der Waals surface area contributed by atoms with Gasteiger partial charge in [0.2, 0.25) is 0 Å². The molecule has 1 amide bonds. The summed E-state index contributed by atoms with van der Waals surface area (Å²) in [5.74, 6) is -0.540. The van der Waals surface area contributed by atoms with Crippen LogP contribution in [0.15, 0.2) is 46.4 Å². The molecule has 1 atom stereocenters. The number of anilines is 3. The number of nitrogens with one attached hydrogen (secondary N) is 2. The van der Waals surface area contributed by atoms with Gasteiger partial charge in [0.15, 0.2) is 5.82 Å². The molecule has 4 N–H and O–H groups in total. The van der Waals surface area contributed by atoms with Gasteiger partial charge in [-0.25, -0.2) is 4.79 Å². The Hall–Kier alpha value is -3.66. The van der Waals surface area contributed by atoms with Crippen LogP contribution >= 0.6 is 11.3 Å². The van der Waals surface area contributed by atoms with Crippen LogP contribution < -0.4 is 16.4 Å². The number of nitrogens with zero attached hydrogens (tertiary/aromatic N) is 2. The summed E-state index contributed by atoms with van der Waals surface area (Å²) in [4.78, 5) is 29.9. The molecule has 0 saturated carbocycles. The second-order valence-corrected chi connectivity index (χ2v) is 7.76. The molecule has 30 heavy (non-hydrogen) atoms. The highest BCUT2D eigenvalue weighted by atomic mass is 32.1. The molecular weight excluding hydrogens is 406 g/mol. The molecule has 3 aromatic rings. The highest BCUT2D eigenvalue weighted by Gasteiger charge is 2.37. The number of hydrogen-bond donors (Lipinski definition) is 3. The highest BCUT2D eigenvalue weighted by molar-refractivity contribution is 7.19. The van der Waals surface area contributed by atoms with Crippen molar-refractivity contribution in [1.82, 2.24) is 10.1 Å². The molecule has 0 saturated heterocycles. The Morgan fingerprint density at radius 3 is 2.80 bits per heavy atom. The van der Waals surface area contributed by atoms with E-state index in [-0.39, 0.29) is 5.69 Å². The summed E-state index contributed by atoms with van der Waals surface area (Å²) in [6.07, 6.45) is 3.32. The maximum Gasteiger partial charge on any atom is 0.336 e. The third-order valence-electron chi connectivity index (χ3n) is 4.76. The molecule has 0 bridgehead atoms. The molecule has 0 aromatic carbocycles. The summed E-state index contributed by atoms with van der Waals surface area (Å²) in [6.45, 7) is 3.51. The monoisotopic (exact) mass is 425 g/mol. The number of carbonyl (C=O) groups is 2. The highest BCUT2D eigenvalue weighted by Crippen LogP contribution is 2.50. The number of carbonyl (C=O) groups excluding carboxylic acids is 2. The Morgan fingerprint density at radius 2 is 2.17 bits per heavy atom. The molecule has 0 spiro atoms. The molecule has 9 nitrogen and oxygen atoms in total. The second kappa shape index (κ2) is 7.64. The van der Waals surface area contributed by atoms with E-state index in [9.17, 15) is 9.59 Å². The Labute approximate surface area is 175 Å². The van der Waals surface area contributed by atoms with Crippen LogP contribution in [0.5, 0.6) is 0 Å². The van der Waals surface area contributed by atoms with Crippen molar-refractivity contribution < 1.29 is 18.8 Å². The average molecular weight is 425 g/mol. The summed E-state index contributed by atoms with van der Waals surface area (Å²) in [6, 6.07) is 5.25. The van der Waals surface area contributed by atoms with Crippen molar-refractivity contribution in [1.29, 1.82) is 0 Å². The van der Waals surface area contributed by atoms with Crippen molar-refractivity contribution in [2.45, 2.75) is 19.8 Å². The lowest BCUT2D eigenvalue weighted by Gasteiger charge is -2.27. The lowest BCUT2D eigenvalue weighted by atomic mass is 9.82. The number of nitrogen functional groups attached to an aromatic ring is 1. The smallest absolute Gasteiger partial charge is 0.336 e. The standard InChI is InChI=1S/C20H19N5O4S/c1-9-7-12(25-29-9)24-18(26)17-16(21)15-14(11-5-4-6-22-8-11)13(20(27)28-3)10(2)23-19(15)30-17/h4-8,14,23H,21H2,1-3H3,(H,24,25,26). The predicted octanol–water partition coefficient (Wildman–Crippen LogP) is 3.28. The molecule has 4 rings (SSSR count). The fraction of sp³-hybridized carbons (Fsp3) is 0.200. The van der Waals surface area contributed by atoms with Gasteiger partial charge in [-0.2, -0.15) is 0 Å². The van der Waals surface area contributed by atoms with Crippen LogP contribution in [-0.2, 0) is 9.53 Å². The van der Waals surface area contributed by atoms with Crippen molar-refractivity contribution >= 4 is 39.7 Å². The third kappa shape index (κ3) is 3.30. The van der Waals surface area contributed by atoms with E-state index >= 15 is 0 Å². The first-order chi connectivity index (χ1) is 14.4. The van der Waals surface area contributed by atoms with Crippen molar-refractivity contribution in [2.24, 2.45) is 0 Å². The quantitative estimate of drug-likeness (QED) is 0.543. The lowest BCUT2D eigenvalue weighted by molar-refractivity contribution is -0.136. The van der Waals surface area contributed by atoms with E-state index in [4.69, 9.17) is 15.0 Å². The topological polar surface area (TPSA) is 132 Å². The molecule has 0 aliphatic carbocycles. The molecule has 4 heterocycles. The maximum absolute atomic E-state index is 12.9. The number of aromatic nitrogens is 2. The Balaban J connectivity index is 1.80. The summed E-state index contributed by atoms with van der Waals surface area (Å²) in [7, 11) is 1.33. The van der Waals surface area contributed by atoms with Gasteiger partial charge in [0.1, 0.15) is 10.6 Å². The van der Waals surface area contributed by atoms with Crippen molar-refractivity contribution in [3.8, 4) is 0 Å². The SMILES string of the molecule is COC(=O)C1=C(C)Nc2sc(C(=O)Nc3cc(C)on3)c(N)c2C1c1cccnc1. The number of allylic oxidation sites excluding steroid dienone is 1. The Kier molecular flexibility index (Phi) is 5.00. The number of thiophene rings is 1.